The molecule has 6 nitrogen and oxygen atoms in total. The van der Waals surface area contributed by atoms with E-state index in [2.05, 4.69) is 17.0 Å². The Balaban J connectivity index is 2.10. The quantitative estimate of drug-likeness (QED) is 0.569. The van der Waals surface area contributed by atoms with E-state index in [1.165, 1.54) is 14.6 Å². The zero-order valence-corrected chi connectivity index (χ0v) is 13.0. The predicted molar refractivity (Wildman–Crippen MR) is 90.2 cm³/mol. The number of hydrogen-bond acceptors (Lipinski definition) is 4. The van der Waals surface area contributed by atoms with Gasteiger partial charge >= 0.3 is 5.69 Å². The van der Waals surface area contributed by atoms with E-state index >= 15 is 0 Å². The normalized spacial score (nSPS) is 11.0. The van der Waals surface area contributed by atoms with Gasteiger partial charge in [-0.05, 0) is 36.2 Å². The van der Waals surface area contributed by atoms with Gasteiger partial charge in [0.05, 0.1) is 16.7 Å². The Bertz CT molecular complexity index is 1160. The summed E-state index contributed by atoms with van der Waals surface area (Å²) in [5.41, 5.74) is 3.16. The van der Waals surface area contributed by atoms with Crippen molar-refractivity contribution in [2.75, 3.05) is 0 Å². The number of rotatable bonds is 2. The first-order valence-electron chi connectivity index (χ1n) is 7.63. The molecule has 0 N–H and O–H groups in total. The maximum absolute atomic E-state index is 12.9. The van der Waals surface area contributed by atoms with E-state index in [-0.39, 0.29) is 17.0 Å². The molecule has 0 amide bonds. The highest BCUT2D eigenvalue weighted by atomic mass is 16.2. The van der Waals surface area contributed by atoms with Crippen molar-refractivity contribution in [1.29, 1.82) is 5.26 Å². The molecule has 0 atom stereocenters. The van der Waals surface area contributed by atoms with Crippen molar-refractivity contribution >= 4 is 16.7 Å². The fourth-order valence-corrected chi connectivity index (χ4v) is 2.77. The molecular weight excluding hydrogens is 302 g/mol. The molecule has 0 fully saturated rings. The van der Waals surface area contributed by atoms with Gasteiger partial charge in [-0.2, -0.15) is 9.94 Å². The van der Waals surface area contributed by atoms with Gasteiger partial charge in [0, 0.05) is 0 Å². The summed E-state index contributed by atoms with van der Waals surface area (Å²) >= 11 is 0. The summed E-state index contributed by atoms with van der Waals surface area (Å²) in [6.45, 7) is 2.07. The van der Waals surface area contributed by atoms with Gasteiger partial charge in [0.15, 0.2) is 5.65 Å². The number of nitrogens with zero attached hydrogens (tertiary/aromatic N) is 5. The summed E-state index contributed by atoms with van der Waals surface area (Å²) < 4.78 is 2.69. The topological polar surface area (TPSA) is 76.0 Å². The Morgan fingerprint density at radius 2 is 1.88 bits per heavy atom. The SMILES string of the molecule is CCc1ccc(-n2nc(C#N)c3nc4ccccc4n3c2=O)cc1. The summed E-state index contributed by atoms with van der Waals surface area (Å²) in [5, 5.41) is 13.6. The molecule has 116 valence electrons. The van der Waals surface area contributed by atoms with E-state index in [4.69, 9.17) is 0 Å². The number of aryl methyl sites for hydroxylation is 1. The summed E-state index contributed by atoms with van der Waals surface area (Å²) in [6.07, 6.45) is 0.914. The van der Waals surface area contributed by atoms with Crippen LogP contribution in [0.3, 0.4) is 0 Å². The van der Waals surface area contributed by atoms with Crippen LogP contribution in [0.1, 0.15) is 18.2 Å². The second-order valence-electron chi connectivity index (χ2n) is 5.43. The Labute approximate surface area is 137 Å². The molecule has 24 heavy (non-hydrogen) atoms. The predicted octanol–water partition coefficient (Wildman–Crippen LogP) is 2.47. The number of aromatic nitrogens is 4. The zero-order chi connectivity index (χ0) is 16.7. The molecule has 2 aromatic carbocycles. The molecule has 6 heteroatoms. The second-order valence-corrected chi connectivity index (χ2v) is 5.43. The zero-order valence-electron chi connectivity index (χ0n) is 13.0. The fraction of sp³-hybridized carbons (Fsp3) is 0.111. The van der Waals surface area contributed by atoms with E-state index < -0.39 is 0 Å². The van der Waals surface area contributed by atoms with Gasteiger partial charge in [-0.25, -0.2) is 14.2 Å². The number of hydrogen-bond donors (Lipinski definition) is 0. The molecule has 0 aliphatic carbocycles. The van der Waals surface area contributed by atoms with Crippen molar-refractivity contribution in [2.45, 2.75) is 13.3 Å². The fourth-order valence-electron chi connectivity index (χ4n) is 2.77. The average molecular weight is 315 g/mol. The first-order valence-corrected chi connectivity index (χ1v) is 7.63. The molecule has 0 saturated carbocycles. The maximum atomic E-state index is 12.9. The van der Waals surface area contributed by atoms with E-state index in [0.717, 1.165) is 6.42 Å². The van der Waals surface area contributed by atoms with Gasteiger partial charge in [0.2, 0.25) is 5.69 Å². The third kappa shape index (κ3) is 1.99. The molecule has 0 saturated heterocycles. The van der Waals surface area contributed by atoms with E-state index in [9.17, 15) is 10.1 Å². The summed E-state index contributed by atoms with van der Waals surface area (Å²) in [7, 11) is 0. The third-order valence-electron chi connectivity index (χ3n) is 4.04. The molecule has 0 radical (unpaired) electrons. The minimum Gasteiger partial charge on any atom is -0.245 e. The van der Waals surface area contributed by atoms with Crippen LogP contribution >= 0.6 is 0 Å². The van der Waals surface area contributed by atoms with Crippen LogP contribution in [0, 0.1) is 11.3 Å². The van der Waals surface area contributed by atoms with Crippen molar-refractivity contribution in [3.63, 3.8) is 0 Å². The maximum Gasteiger partial charge on any atom is 0.355 e. The number of benzene rings is 2. The van der Waals surface area contributed by atoms with E-state index in [0.29, 0.717) is 16.7 Å². The Morgan fingerprint density at radius 3 is 2.58 bits per heavy atom. The molecule has 0 aliphatic rings. The first kappa shape index (κ1) is 14.2. The van der Waals surface area contributed by atoms with Crippen LogP contribution in [0.15, 0.2) is 53.3 Å². The number of imidazole rings is 1. The summed E-state index contributed by atoms with van der Waals surface area (Å²) in [6, 6.07) is 16.9. The van der Waals surface area contributed by atoms with Crippen molar-refractivity contribution in [1.82, 2.24) is 19.2 Å². The lowest BCUT2D eigenvalue weighted by Gasteiger charge is -2.07. The van der Waals surface area contributed by atoms with Gasteiger partial charge in [-0.15, -0.1) is 5.10 Å². The molecule has 0 aliphatic heterocycles. The highest BCUT2D eigenvalue weighted by Gasteiger charge is 2.16. The monoisotopic (exact) mass is 315 g/mol. The first-order chi connectivity index (χ1) is 11.7. The molecule has 0 spiro atoms. The van der Waals surface area contributed by atoms with E-state index in [1.54, 1.807) is 0 Å². The van der Waals surface area contributed by atoms with Crippen LogP contribution in [0.5, 0.6) is 0 Å². The summed E-state index contributed by atoms with van der Waals surface area (Å²) in [4.78, 5) is 17.3. The van der Waals surface area contributed by atoms with Crippen molar-refractivity contribution in [2.24, 2.45) is 0 Å². The van der Waals surface area contributed by atoms with Crippen molar-refractivity contribution in [3.05, 3.63) is 70.3 Å². The lowest BCUT2D eigenvalue weighted by Crippen LogP contribution is -2.28. The molecule has 2 aromatic heterocycles. The smallest absolute Gasteiger partial charge is 0.245 e. The van der Waals surface area contributed by atoms with Gasteiger partial charge in [-0.3, -0.25) is 0 Å². The Kier molecular flexibility index (Phi) is 3.14. The molecular formula is C18H13N5O. The minimum atomic E-state index is -0.345. The largest absolute Gasteiger partial charge is 0.355 e. The summed E-state index contributed by atoms with van der Waals surface area (Å²) in [5.74, 6) is 0. The third-order valence-corrected chi connectivity index (χ3v) is 4.04. The molecule has 4 aromatic rings. The lowest BCUT2D eigenvalue weighted by atomic mass is 10.1. The second kappa shape index (κ2) is 5.32. The van der Waals surface area contributed by atoms with Crippen LogP contribution in [-0.4, -0.2) is 19.2 Å². The van der Waals surface area contributed by atoms with Crippen LogP contribution in [0.2, 0.25) is 0 Å². The number of fused-ring (bicyclic) bond motifs is 3. The number of nitriles is 1. The van der Waals surface area contributed by atoms with Gasteiger partial charge < -0.3 is 0 Å². The van der Waals surface area contributed by atoms with Crippen LogP contribution in [0.25, 0.3) is 22.4 Å². The van der Waals surface area contributed by atoms with Crippen LogP contribution < -0.4 is 5.69 Å². The lowest BCUT2D eigenvalue weighted by molar-refractivity contribution is 0.746. The van der Waals surface area contributed by atoms with Gasteiger partial charge in [0.1, 0.15) is 6.07 Å². The van der Waals surface area contributed by atoms with Gasteiger partial charge in [0.25, 0.3) is 0 Å². The van der Waals surface area contributed by atoms with Crippen molar-refractivity contribution in [3.8, 4) is 11.8 Å². The molecule has 2 heterocycles. The highest BCUT2D eigenvalue weighted by molar-refractivity contribution is 5.81. The Morgan fingerprint density at radius 1 is 1.12 bits per heavy atom. The number of para-hydroxylation sites is 2. The van der Waals surface area contributed by atoms with Crippen molar-refractivity contribution < 1.29 is 0 Å². The standard InChI is InChI=1S/C18H13N5O/c1-2-12-7-9-13(10-8-12)23-18(24)22-16-6-4-3-5-14(16)20-17(22)15(11-19)21-23/h3-10H,2H2,1H3. The van der Waals surface area contributed by atoms with Crippen LogP contribution in [0.4, 0.5) is 0 Å². The average Bonchev–Trinajstić information content (AvgIpc) is 3.02. The highest BCUT2D eigenvalue weighted by Crippen LogP contribution is 2.16. The molecule has 0 unspecified atom stereocenters. The Hall–Kier alpha value is -3.46. The van der Waals surface area contributed by atoms with Crippen LogP contribution in [-0.2, 0) is 6.42 Å². The minimum absolute atomic E-state index is 0.116. The van der Waals surface area contributed by atoms with E-state index in [1.807, 2.05) is 54.6 Å². The van der Waals surface area contributed by atoms with Gasteiger partial charge in [-0.1, -0.05) is 31.2 Å². The molecule has 0 bridgehead atoms. The molecule has 4 rings (SSSR count).